The molecule has 2 rings (SSSR count). The van der Waals surface area contributed by atoms with Crippen LogP contribution in [-0.2, 0) is 6.61 Å². The second kappa shape index (κ2) is 4.48. The number of rotatable bonds is 1. The van der Waals surface area contributed by atoms with Gasteiger partial charge in [0, 0.05) is 0 Å². The van der Waals surface area contributed by atoms with Gasteiger partial charge in [0.15, 0.2) is 0 Å². The fourth-order valence-electron chi connectivity index (χ4n) is 1.42. The van der Waals surface area contributed by atoms with Gasteiger partial charge in [-0.05, 0) is 10.8 Å². The SMILES string of the molecule is [Li+].[O-]Cc1cccc2ccccc12. The summed E-state index contributed by atoms with van der Waals surface area (Å²) in [5.74, 6) is 0. The van der Waals surface area contributed by atoms with E-state index < -0.39 is 0 Å². The second-order valence-electron chi connectivity index (χ2n) is 2.78. The Morgan fingerprint density at radius 2 is 1.62 bits per heavy atom. The third-order valence-corrected chi connectivity index (χ3v) is 2.04. The Balaban J connectivity index is 0.000000845. The maximum absolute atomic E-state index is 10.7. The van der Waals surface area contributed by atoms with E-state index in [4.69, 9.17) is 0 Å². The Bertz CT molecular complexity index is 393. The van der Waals surface area contributed by atoms with Gasteiger partial charge in [-0.1, -0.05) is 48.0 Å². The van der Waals surface area contributed by atoms with Crippen LogP contribution in [0.4, 0.5) is 0 Å². The van der Waals surface area contributed by atoms with Crippen molar-refractivity contribution in [2.24, 2.45) is 0 Å². The minimum Gasteiger partial charge on any atom is -0.851 e. The van der Waals surface area contributed by atoms with E-state index in [1.807, 2.05) is 42.5 Å². The van der Waals surface area contributed by atoms with Crippen molar-refractivity contribution in [2.45, 2.75) is 6.61 Å². The van der Waals surface area contributed by atoms with Gasteiger partial charge < -0.3 is 5.11 Å². The molecule has 0 amide bonds. The summed E-state index contributed by atoms with van der Waals surface area (Å²) in [5.41, 5.74) is 0.883. The zero-order valence-electron chi connectivity index (χ0n) is 7.66. The first kappa shape index (κ1) is 10.3. The summed E-state index contributed by atoms with van der Waals surface area (Å²) in [6.07, 6.45) is 0. The van der Waals surface area contributed by atoms with E-state index in [0.717, 1.165) is 16.3 Å². The molecule has 0 spiro atoms. The Labute approximate surface area is 89.6 Å². The number of fused-ring (bicyclic) bond motifs is 1. The van der Waals surface area contributed by atoms with Crippen LogP contribution in [0.5, 0.6) is 0 Å². The molecule has 0 N–H and O–H groups in total. The summed E-state index contributed by atoms with van der Waals surface area (Å²) >= 11 is 0. The van der Waals surface area contributed by atoms with Crippen LogP contribution in [0.1, 0.15) is 5.56 Å². The predicted molar refractivity (Wildman–Crippen MR) is 47.7 cm³/mol. The third kappa shape index (κ3) is 1.95. The molecule has 0 aliphatic carbocycles. The van der Waals surface area contributed by atoms with Gasteiger partial charge in [-0.2, -0.15) is 0 Å². The van der Waals surface area contributed by atoms with Crippen LogP contribution in [0.25, 0.3) is 10.8 Å². The molecule has 2 aromatic carbocycles. The molecular formula is C11H9LiO. The molecule has 0 atom stereocenters. The van der Waals surface area contributed by atoms with E-state index in [1.54, 1.807) is 0 Å². The minimum absolute atomic E-state index is 0. The fourth-order valence-corrected chi connectivity index (χ4v) is 1.42. The molecule has 60 valence electrons. The van der Waals surface area contributed by atoms with Gasteiger partial charge in [0.25, 0.3) is 0 Å². The van der Waals surface area contributed by atoms with Crippen LogP contribution < -0.4 is 24.0 Å². The molecule has 0 saturated heterocycles. The molecule has 0 radical (unpaired) electrons. The maximum atomic E-state index is 10.7. The van der Waals surface area contributed by atoms with Crippen molar-refractivity contribution in [1.29, 1.82) is 0 Å². The zero-order valence-corrected chi connectivity index (χ0v) is 7.66. The monoisotopic (exact) mass is 164 g/mol. The average Bonchev–Trinajstić information content (AvgIpc) is 2.17. The molecule has 0 aliphatic rings. The van der Waals surface area contributed by atoms with E-state index in [0.29, 0.717) is 0 Å². The molecule has 1 nitrogen and oxygen atoms in total. The van der Waals surface area contributed by atoms with Crippen molar-refractivity contribution < 1.29 is 24.0 Å². The average molecular weight is 164 g/mol. The molecule has 0 unspecified atom stereocenters. The molecule has 13 heavy (non-hydrogen) atoms. The van der Waals surface area contributed by atoms with Gasteiger partial charge in [0.05, 0.1) is 0 Å². The first-order valence-electron chi connectivity index (χ1n) is 3.96. The molecule has 0 aromatic heterocycles. The van der Waals surface area contributed by atoms with Gasteiger partial charge in [-0.25, -0.2) is 0 Å². The summed E-state index contributed by atoms with van der Waals surface area (Å²) in [6.45, 7) is -0.138. The third-order valence-electron chi connectivity index (χ3n) is 2.04. The zero-order chi connectivity index (χ0) is 8.39. The van der Waals surface area contributed by atoms with E-state index in [1.165, 1.54) is 0 Å². The molecular weight excluding hydrogens is 155 g/mol. The summed E-state index contributed by atoms with van der Waals surface area (Å²) in [5, 5.41) is 13.0. The van der Waals surface area contributed by atoms with Crippen LogP contribution in [0.3, 0.4) is 0 Å². The Morgan fingerprint density at radius 3 is 2.38 bits per heavy atom. The Morgan fingerprint density at radius 1 is 0.923 bits per heavy atom. The number of hydrogen-bond acceptors (Lipinski definition) is 1. The van der Waals surface area contributed by atoms with Gasteiger partial charge in [0.2, 0.25) is 0 Å². The molecule has 0 fully saturated rings. The van der Waals surface area contributed by atoms with E-state index in [-0.39, 0.29) is 25.5 Å². The van der Waals surface area contributed by atoms with Crippen molar-refractivity contribution in [1.82, 2.24) is 0 Å². The standard InChI is InChI=1S/C11H9O.Li/c12-8-10-6-3-5-9-4-1-2-7-11(9)10;/h1-7H,8H2;/q-1;+1. The van der Waals surface area contributed by atoms with Crippen LogP contribution in [-0.4, -0.2) is 0 Å². The van der Waals surface area contributed by atoms with E-state index in [9.17, 15) is 5.11 Å². The first-order chi connectivity index (χ1) is 5.92. The predicted octanol–water partition coefficient (Wildman–Crippen LogP) is -1.30. The number of benzene rings is 2. The minimum atomic E-state index is -0.138. The van der Waals surface area contributed by atoms with Crippen molar-refractivity contribution in [3.05, 3.63) is 48.0 Å². The maximum Gasteiger partial charge on any atom is 1.00 e. The largest absolute Gasteiger partial charge is 1.00 e. The van der Waals surface area contributed by atoms with Gasteiger partial charge >= 0.3 is 18.9 Å². The van der Waals surface area contributed by atoms with Crippen LogP contribution in [0.15, 0.2) is 42.5 Å². The van der Waals surface area contributed by atoms with Crippen LogP contribution in [0, 0.1) is 0 Å². The topological polar surface area (TPSA) is 23.1 Å². The summed E-state index contributed by atoms with van der Waals surface area (Å²) in [7, 11) is 0. The van der Waals surface area contributed by atoms with E-state index in [2.05, 4.69) is 0 Å². The van der Waals surface area contributed by atoms with Crippen molar-refractivity contribution >= 4 is 10.8 Å². The Kier molecular flexibility index (Phi) is 3.56. The second-order valence-corrected chi connectivity index (χ2v) is 2.78. The van der Waals surface area contributed by atoms with Crippen molar-refractivity contribution in [3.63, 3.8) is 0 Å². The quantitative estimate of drug-likeness (QED) is 0.481. The van der Waals surface area contributed by atoms with Gasteiger partial charge in [0.1, 0.15) is 0 Å². The molecule has 0 heterocycles. The summed E-state index contributed by atoms with van der Waals surface area (Å²) < 4.78 is 0. The summed E-state index contributed by atoms with van der Waals surface area (Å²) in [6, 6.07) is 13.8. The Hall–Kier alpha value is -0.743. The molecule has 0 aliphatic heterocycles. The molecule has 2 heteroatoms. The molecule has 0 saturated carbocycles. The smallest absolute Gasteiger partial charge is 0.851 e. The van der Waals surface area contributed by atoms with Gasteiger partial charge in [-0.3, -0.25) is 0 Å². The first-order valence-corrected chi connectivity index (χ1v) is 3.96. The van der Waals surface area contributed by atoms with Crippen LogP contribution >= 0.6 is 0 Å². The van der Waals surface area contributed by atoms with Crippen molar-refractivity contribution in [3.8, 4) is 0 Å². The fraction of sp³-hybridized carbons (Fsp3) is 0.0909. The van der Waals surface area contributed by atoms with Crippen molar-refractivity contribution in [2.75, 3.05) is 0 Å². The van der Waals surface area contributed by atoms with E-state index >= 15 is 0 Å². The summed E-state index contributed by atoms with van der Waals surface area (Å²) in [4.78, 5) is 0. The molecule has 2 aromatic rings. The molecule has 0 bridgehead atoms. The number of hydrogen-bond donors (Lipinski definition) is 0. The normalized spacial score (nSPS) is 9.62. The van der Waals surface area contributed by atoms with Gasteiger partial charge in [-0.15, -0.1) is 6.61 Å². The van der Waals surface area contributed by atoms with Crippen LogP contribution in [0.2, 0.25) is 0 Å².